The molecule has 0 amide bonds. The molecule has 3 N–H and O–H groups in total. The van der Waals surface area contributed by atoms with Gasteiger partial charge in [-0.2, -0.15) is 20.2 Å². The number of hydrogen-bond acceptors (Lipinski definition) is 7. The van der Waals surface area contributed by atoms with Crippen LogP contribution in [0.4, 0.5) is 5.82 Å². The lowest BCUT2D eigenvalue weighted by Crippen LogP contribution is -2.28. The van der Waals surface area contributed by atoms with E-state index in [2.05, 4.69) is 35.7 Å². The Morgan fingerprint density at radius 3 is 2.71 bits per heavy atom. The van der Waals surface area contributed by atoms with E-state index in [1.165, 1.54) is 4.57 Å². The molecule has 12 heteroatoms. The molecular weight excluding hydrogens is 441 g/mol. The Labute approximate surface area is 184 Å². The lowest BCUT2D eigenvalue weighted by atomic mass is 10.2. The number of aryl methyl sites for hydroxylation is 1. The van der Waals surface area contributed by atoms with Gasteiger partial charge in [0.05, 0.1) is 33.6 Å². The summed E-state index contributed by atoms with van der Waals surface area (Å²) in [5.74, 6) is 1.38. The van der Waals surface area contributed by atoms with E-state index < -0.39 is 6.04 Å². The number of nitrogens with one attached hydrogen (secondary N) is 3. The van der Waals surface area contributed by atoms with E-state index in [9.17, 15) is 4.79 Å². The fraction of sp³-hybridized carbons (Fsp3) is 0.158. The van der Waals surface area contributed by atoms with E-state index in [4.69, 9.17) is 28.2 Å². The molecule has 0 spiro atoms. The molecule has 1 atom stereocenters. The summed E-state index contributed by atoms with van der Waals surface area (Å²) in [4.78, 5) is 26.6. The number of H-pyrrole nitrogens is 2. The third-order valence-electron chi connectivity index (χ3n) is 4.91. The maximum atomic E-state index is 13.4. The zero-order valence-corrected chi connectivity index (χ0v) is 17.8. The SMILES string of the molecule is Cc1[nH]nc2nc(Cl)nc(NC(C)c3nc4cccc(Cl)c4c(=O)n3-c3ccn[nH]3)c12. The fourth-order valence-corrected chi connectivity index (χ4v) is 3.93. The van der Waals surface area contributed by atoms with Gasteiger partial charge in [-0.1, -0.05) is 17.7 Å². The van der Waals surface area contributed by atoms with E-state index in [1.54, 1.807) is 30.5 Å². The Morgan fingerprint density at radius 2 is 1.94 bits per heavy atom. The first kappa shape index (κ1) is 19.5. The third kappa shape index (κ3) is 3.20. The van der Waals surface area contributed by atoms with Crippen LogP contribution < -0.4 is 10.9 Å². The number of fused-ring (bicyclic) bond motifs is 2. The third-order valence-corrected chi connectivity index (χ3v) is 5.39. The minimum Gasteiger partial charge on any atom is -0.360 e. The van der Waals surface area contributed by atoms with E-state index in [0.717, 1.165) is 5.69 Å². The van der Waals surface area contributed by atoms with Gasteiger partial charge >= 0.3 is 0 Å². The van der Waals surface area contributed by atoms with Crippen molar-refractivity contribution < 1.29 is 0 Å². The molecule has 4 heterocycles. The molecular formula is C19H15Cl2N9O. The first-order valence-electron chi connectivity index (χ1n) is 9.29. The lowest BCUT2D eigenvalue weighted by Gasteiger charge is -2.19. The summed E-state index contributed by atoms with van der Waals surface area (Å²) in [5.41, 5.74) is 1.40. The van der Waals surface area contributed by atoms with Crippen molar-refractivity contribution in [3.8, 4) is 5.82 Å². The molecule has 31 heavy (non-hydrogen) atoms. The largest absolute Gasteiger partial charge is 0.360 e. The number of anilines is 1. The van der Waals surface area contributed by atoms with Crippen LogP contribution in [0.1, 0.15) is 24.5 Å². The van der Waals surface area contributed by atoms with Crippen molar-refractivity contribution in [1.29, 1.82) is 0 Å². The summed E-state index contributed by atoms with van der Waals surface area (Å²) in [6.07, 6.45) is 1.56. The molecule has 1 unspecified atom stereocenters. The van der Waals surface area contributed by atoms with Crippen molar-refractivity contribution >= 4 is 51.0 Å². The highest BCUT2D eigenvalue weighted by Gasteiger charge is 2.22. The van der Waals surface area contributed by atoms with Crippen LogP contribution in [0.15, 0.2) is 35.3 Å². The summed E-state index contributed by atoms with van der Waals surface area (Å²) in [6, 6.07) is 6.38. The van der Waals surface area contributed by atoms with E-state index in [-0.39, 0.29) is 10.8 Å². The van der Waals surface area contributed by atoms with E-state index in [0.29, 0.717) is 44.4 Å². The Balaban J connectivity index is 1.71. The van der Waals surface area contributed by atoms with Crippen molar-refractivity contribution in [3.05, 3.63) is 62.6 Å². The number of aromatic nitrogens is 8. The predicted octanol–water partition coefficient (Wildman–Crippen LogP) is 3.56. The molecule has 5 aromatic rings. The summed E-state index contributed by atoms with van der Waals surface area (Å²) in [5, 5.41) is 18.5. The summed E-state index contributed by atoms with van der Waals surface area (Å²) in [7, 11) is 0. The van der Waals surface area contributed by atoms with Gasteiger partial charge in [-0.15, -0.1) is 0 Å². The van der Waals surface area contributed by atoms with Crippen molar-refractivity contribution in [2.75, 3.05) is 5.32 Å². The Bertz CT molecular complexity index is 1490. The summed E-state index contributed by atoms with van der Waals surface area (Å²) < 4.78 is 1.45. The van der Waals surface area contributed by atoms with Crippen LogP contribution in [0.3, 0.4) is 0 Å². The Kier molecular flexibility index (Phi) is 4.60. The molecule has 0 fully saturated rings. The normalized spacial score (nSPS) is 12.5. The second-order valence-corrected chi connectivity index (χ2v) is 7.69. The highest BCUT2D eigenvalue weighted by Crippen LogP contribution is 2.28. The molecule has 0 saturated heterocycles. The molecule has 0 bridgehead atoms. The number of rotatable bonds is 4. The van der Waals surface area contributed by atoms with Crippen LogP contribution in [0.25, 0.3) is 27.8 Å². The molecule has 156 valence electrons. The maximum Gasteiger partial charge on any atom is 0.268 e. The highest BCUT2D eigenvalue weighted by atomic mass is 35.5. The zero-order chi connectivity index (χ0) is 21.7. The number of halogens is 2. The summed E-state index contributed by atoms with van der Waals surface area (Å²) in [6.45, 7) is 3.72. The molecule has 4 aromatic heterocycles. The van der Waals surface area contributed by atoms with Crippen LogP contribution in [0, 0.1) is 6.92 Å². The van der Waals surface area contributed by atoms with Gasteiger partial charge in [-0.05, 0) is 37.6 Å². The second-order valence-electron chi connectivity index (χ2n) is 6.94. The number of nitrogens with zero attached hydrogens (tertiary/aromatic N) is 6. The van der Waals surface area contributed by atoms with Gasteiger partial charge in [0.15, 0.2) is 5.65 Å². The van der Waals surface area contributed by atoms with Crippen LogP contribution >= 0.6 is 23.2 Å². The minimum absolute atomic E-state index is 0.0536. The quantitative estimate of drug-likeness (QED) is 0.353. The predicted molar refractivity (Wildman–Crippen MR) is 118 cm³/mol. The molecule has 1 aromatic carbocycles. The van der Waals surface area contributed by atoms with Gasteiger partial charge in [0, 0.05) is 11.8 Å². The monoisotopic (exact) mass is 455 g/mol. The van der Waals surface area contributed by atoms with Gasteiger partial charge in [0.2, 0.25) is 5.28 Å². The number of aromatic amines is 2. The van der Waals surface area contributed by atoms with Crippen LogP contribution in [-0.4, -0.2) is 39.9 Å². The van der Waals surface area contributed by atoms with Crippen LogP contribution in [-0.2, 0) is 0 Å². The molecule has 0 radical (unpaired) electrons. The molecule has 10 nitrogen and oxygen atoms in total. The van der Waals surface area contributed by atoms with Gasteiger partial charge in [-0.25, -0.2) is 9.55 Å². The first-order chi connectivity index (χ1) is 14.9. The fourth-order valence-electron chi connectivity index (χ4n) is 3.52. The van der Waals surface area contributed by atoms with Crippen LogP contribution in [0.5, 0.6) is 0 Å². The van der Waals surface area contributed by atoms with Gasteiger partial charge in [0.25, 0.3) is 5.56 Å². The van der Waals surface area contributed by atoms with E-state index in [1.807, 2.05) is 13.8 Å². The topological polar surface area (TPSA) is 130 Å². The van der Waals surface area contributed by atoms with E-state index >= 15 is 0 Å². The van der Waals surface area contributed by atoms with Gasteiger partial charge in [-0.3, -0.25) is 15.0 Å². The van der Waals surface area contributed by atoms with Crippen LogP contribution in [0.2, 0.25) is 10.3 Å². The van der Waals surface area contributed by atoms with Crippen molar-refractivity contribution in [2.24, 2.45) is 0 Å². The molecule has 0 aliphatic rings. The van der Waals surface area contributed by atoms with Crippen molar-refractivity contribution in [1.82, 2.24) is 39.9 Å². The first-order valence-corrected chi connectivity index (χ1v) is 10.1. The smallest absolute Gasteiger partial charge is 0.268 e. The zero-order valence-electron chi connectivity index (χ0n) is 16.3. The average molecular weight is 456 g/mol. The van der Waals surface area contributed by atoms with Gasteiger partial charge in [0.1, 0.15) is 17.5 Å². The molecule has 0 aliphatic carbocycles. The standard InChI is InChI=1S/C19H15Cl2N9O/c1-8-13-15(25-19(21)26-16(13)29-27-8)23-9(2)17-24-11-5-3-4-10(20)14(11)18(31)30(17)12-6-7-22-28-12/h3-7,9H,1-2H3,(H,22,28)(H2,23,25,26,27,29). The minimum atomic E-state index is -0.456. The second kappa shape index (κ2) is 7.33. The molecule has 5 rings (SSSR count). The van der Waals surface area contributed by atoms with Gasteiger partial charge < -0.3 is 5.32 Å². The molecule has 0 aliphatic heterocycles. The molecule has 0 saturated carbocycles. The highest BCUT2D eigenvalue weighted by molar-refractivity contribution is 6.35. The van der Waals surface area contributed by atoms with Crippen molar-refractivity contribution in [2.45, 2.75) is 19.9 Å². The average Bonchev–Trinajstić information content (AvgIpc) is 3.38. The Hall–Kier alpha value is -3.50. The summed E-state index contributed by atoms with van der Waals surface area (Å²) >= 11 is 12.4. The van der Waals surface area contributed by atoms with Crippen molar-refractivity contribution in [3.63, 3.8) is 0 Å². The number of hydrogen-bond donors (Lipinski definition) is 3. The lowest BCUT2D eigenvalue weighted by molar-refractivity contribution is 0.720. The maximum absolute atomic E-state index is 13.4. The Morgan fingerprint density at radius 1 is 1.10 bits per heavy atom. The number of benzene rings is 1.